The third kappa shape index (κ3) is 3.47. The summed E-state index contributed by atoms with van der Waals surface area (Å²) in [5.74, 6) is 3.88. The highest BCUT2D eigenvalue weighted by molar-refractivity contribution is 8.06. The van der Waals surface area contributed by atoms with E-state index in [1.807, 2.05) is 6.26 Å². The maximum Gasteiger partial charge on any atom is 0.0935 e. The standard InChI is InChI=1S/C12H19NOS2/c1-2-13-11(7-10-3-4-14-8-10)12-9-15-5-6-16-12/h3-4,8,11-13H,2,5-7,9H2,1H3. The highest BCUT2D eigenvalue weighted by Crippen LogP contribution is 2.27. The Bertz CT molecular complexity index is 283. The normalized spacial score (nSPS) is 23.2. The van der Waals surface area contributed by atoms with E-state index in [0.717, 1.165) is 18.2 Å². The Labute approximate surface area is 106 Å². The lowest BCUT2D eigenvalue weighted by Gasteiger charge is -2.29. The Balaban J connectivity index is 1.92. The van der Waals surface area contributed by atoms with Crippen LogP contribution in [0.15, 0.2) is 23.0 Å². The summed E-state index contributed by atoms with van der Waals surface area (Å²) in [6, 6.07) is 2.66. The molecule has 0 bridgehead atoms. The molecule has 1 saturated heterocycles. The largest absolute Gasteiger partial charge is 0.472 e. The molecule has 1 fully saturated rings. The Morgan fingerprint density at radius 2 is 2.50 bits per heavy atom. The Hall–Kier alpha value is -0.0600. The molecule has 0 aliphatic carbocycles. The first-order valence-corrected chi connectivity index (χ1v) is 8.04. The maximum absolute atomic E-state index is 5.14. The van der Waals surface area contributed by atoms with Gasteiger partial charge in [0.25, 0.3) is 0 Å². The zero-order valence-electron chi connectivity index (χ0n) is 9.65. The third-order valence-corrected chi connectivity index (χ3v) is 5.71. The highest BCUT2D eigenvalue weighted by atomic mass is 32.2. The molecule has 90 valence electrons. The number of furan rings is 1. The summed E-state index contributed by atoms with van der Waals surface area (Å²) in [5.41, 5.74) is 1.31. The van der Waals surface area contributed by atoms with Crippen LogP contribution in [0.3, 0.4) is 0 Å². The molecule has 1 N–H and O–H groups in total. The van der Waals surface area contributed by atoms with Gasteiger partial charge in [0, 0.05) is 28.6 Å². The van der Waals surface area contributed by atoms with Gasteiger partial charge in [-0.3, -0.25) is 0 Å². The molecule has 1 aliphatic rings. The molecular weight excluding hydrogens is 238 g/mol. The predicted molar refractivity (Wildman–Crippen MR) is 73.4 cm³/mol. The average molecular weight is 257 g/mol. The summed E-state index contributed by atoms with van der Waals surface area (Å²) in [6.45, 7) is 3.23. The fourth-order valence-corrected chi connectivity index (χ4v) is 4.89. The van der Waals surface area contributed by atoms with Gasteiger partial charge in [-0.05, 0) is 24.6 Å². The molecule has 16 heavy (non-hydrogen) atoms. The summed E-state index contributed by atoms with van der Waals surface area (Å²) >= 11 is 4.20. The molecule has 1 aliphatic heterocycles. The van der Waals surface area contributed by atoms with Crippen LogP contribution in [0.25, 0.3) is 0 Å². The lowest BCUT2D eigenvalue weighted by Crippen LogP contribution is -2.42. The van der Waals surface area contributed by atoms with Gasteiger partial charge in [0.2, 0.25) is 0 Å². The van der Waals surface area contributed by atoms with E-state index in [4.69, 9.17) is 4.42 Å². The first-order chi connectivity index (χ1) is 7.90. The van der Waals surface area contributed by atoms with Gasteiger partial charge < -0.3 is 9.73 Å². The summed E-state index contributed by atoms with van der Waals surface area (Å²) < 4.78 is 5.14. The minimum atomic E-state index is 0.584. The molecule has 0 saturated carbocycles. The van der Waals surface area contributed by atoms with E-state index in [9.17, 15) is 0 Å². The van der Waals surface area contributed by atoms with Crippen LogP contribution in [0, 0.1) is 0 Å². The summed E-state index contributed by atoms with van der Waals surface area (Å²) in [6.07, 6.45) is 4.72. The first-order valence-electron chi connectivity index (χ1n) is 5.84. The van der Waals surface area contributed by atoms with Gasteiger partial charge in [-0.25, -0.2) is 0 Å². The Kier molecular flexibility index (Phi) is 5.13. The second-order valence-electron chi connectivity index (χ2n) is 3.98. The van der Waals surface area contributed by atoms with Crippen molar-refractivity contribution < 1.29 is 4.42 Å². The van der Waals surface area contributed by atoms with Crippen LogP contribution in [0.4, 0.5) is 0 Å². The van der Waals surface area contributed by atoms with Crippen molar-refractivity contribution in [2.24, 2.45) is 0 Å². The van der Waals surface area contributed by atoms with E-state index in [1.54, 1.807) is 6.26 Å². The minimum Gasteiger partial charge on any atom is -0.472 e. The van der Waals surface area contributed by atoms with Crippen molar-refractivity contribution in [3.05, 3.63) is 24.2 Å². The van der Waals surface area contributed by atoms with Crippen molar-refractivity contribution in [1.82, 2.24) is 5.32 Å². The molecular formula is C12H19NOS2. The van der Waals surface area contributed by atoms with Crippen LogP contribution in [-0.2, 0) is 6.42 Å². The van der Waals surface area contributed by atoms with E-state index >= 15 is 0 Å². The molecule has 0 spiro atoms. The van der Waals surface area contributed by atoms with E-state index in [1.165, 1.54) is 22.8 Å². The average Bonchev–Trinajstić information content (AvgIpc) is 2.83. The smallest absolute Gasteiger partial charge is 0.0935 e. The number of rotatable bonds is 5. The van der Waals surface area contributed by atoms with Gasteiger partial charge in [0.1, 0.15) is 0 Å². The van der Waals surface area contributed by atoms with Gasteiger partial charge in [-0.1, -0.05) is 6.92 Å². The fourth-order valence-electron chi connectivity index (χ4n) is 2.00. The van der Waals surface area contributed by atoms with Gasteiger partial charge in [0.15, 0.2) is 0 Å². The predicted octanol–water partition coefficient (Wildman–Crippen LogP) is 2.65. The quantitative estimate of drug-likeness (QED) is 0.877. The number of likely N-dealkylation sites (N-methyl/N-ethyl adjacent to an activating group) is 1. The molecule has 4 heteroatoms. The van der Waals surface area contributed by atoms with Crippen LogP contribution in [-0.4, -0.2) is 35.1 Å². The number of hydrogen-bond donors (Lipinski definition) is 1. The van der Waals surface area contributed by atoms with Gasteiger partial charge in [-0.15, -0.1) is 0 Å². The van der Waals surface area contributed by atoms with Crippen molar-refractivity contribution in [1.29, 1.82) is 0 Å². The molecule has 1 aromatic rings. The number of hydrogen-bond acceptors (Lipinski definition) is 4. The van der Waals surface area contributed by atoms with Crippen LogP contribution < -0.4 is 5.32 Å². The van der Waals surface area contributed by atoms with E-state index in [-0.39, 0.29) is 0 Å². The second kappa shape index (κ2) is 6.62. The van der Waals surface area contributed by atoms with E-state index < -0.39 is 0 Å². The van der Waals surface area contributed by atoms with Crippen molar-refractivity contribution in [2.45, 2.75) is 24.6 Å². The van der Waals surface area contributed by atoms with Gasteiger partial charge in [-0.2, -0.15) is 23.5 Å². The minimum absolute atomic E-state index is 0.584. The molecule has 2 heterocycles. The fraction of sp³-hybridized carbons (Fsp3) is 0.667. The van der Waals surface area contributed by atoms with Crippen LogP contribution in [0.1, 0.15) is 12.5 Å². The zero-order chi connectivity index (χ0) is 11.2. The summed E-state index contributed by atoms with van der Waals surface area (Å²) in [7, 11) is 0. The van der Waals surface area contributed by atoms with Crippen molar-refractivity contribution in [3.63, 3.8) is 0 Å². The van der Waals surface area contributed by atoms with Crippen LogP contribution in [0.2, 0.25) is 0 Å². The molecule has 2 unspecified atom stereocenters. The van der Waals surface area contributed by atoms with Crippen molar-refractivity contribution in [2.75, 3.05) is 23.8 Å². The zero-order valence-corrected chi connectivity index (χ0v) is 11.3. The summed E-state index contributed by atoms with van der Waals surface area (Å²) in [4.78, 5) is 0. The first kappa shape index (κ1) is 12.4. The van der Waals surface area contributed by atoms with E-state index in [2.05, 4.69) is 41.8 Å². The maximum atomic E-state index is 5.14. The third-order valence-electron chi connectivity index (χ3n) is 2.79. The second-order valence-corrected chi connectivity index (χ2v) is 6.48. The Morgan fingerprint density at radius 3 is 3.12 bits per heavy atom. The molecule has 2 nitrogen and oxygen atoms in total. The topological polar surface area (TPSA) is 25.2 Å². The van der Waals surface area contributed by atoms with Crippen molar-refractivity contribution in [3.8, 4) is 0 Å². The van der Waals surface area contributed by atoms with Gasteiger partial charge in [0.05, 0.1) is 12.5 Å². The van der Waals surface area contributed by atoms with Crippen LogP contribution >= 0.6 is 23.5 Å². The molecule has 1 aromatic heterocycles. The lowest BCUT2D eigenvalue weighted by atomic mass is 10.1. The highest BCUT2D eigenvalue weighted by Gasteiger charge is 2.24. The monoisotopic (exact) mass is 257 g/mol. The molecule has 2 atom stereocenters. The lowest BCUT2D eigenvalue weighted by molar-refractivity contribution is 0.514. The SMILES string of the molecule is CCNC(Cc1ccoc1)C1CSCCS1. The Morgan fingerprint density at radius 1 is 1.56 bits per heavy atom. The summed E-state index contributed by atoms with van der Waals surface area (Å²) in [5, 5.41) is 4.36. The van der Waals surface area contributed by atoms with Crippen molar-refractivity contribution >= 4 is 23.5 Å². The van der Waals surface area contributed by atoms with E-state index in [0.29, 0.717) is 6.04 Å². The van der Waals surface area contributed by atoms with Crippen LogP contribution in [0.5, 0.6) is 0 Å². The molecule has 0 amide bonds. The molecule has 0 aromatic carbocycles. The number of thioether (sulfide) groups is 2. The number of nitrogens with one attached hydrogen (secondary N) is 1. The molecule has 0 radical (unpaired) electrons. The molecule has 2 rings (SSSR count). The van der Waals surface area contributed by atoms with Gasteiger partial charge >= 0.3 is 0 Å².